The Morgan fingerprint density at radius 2 is 2.35 bits per heavy atom. The molecule has 0 aromatic carbocycles. The van der Waals surface area contributed by atoms with Crippen molar-refractivity contribution in [2.75, 3.05) is 17.0 Å². The smallest absolute Gasteiger partial charge is 0.141 e. The molecule has 1 fully saturated rings. The lowest BCUT2D eigenvalue weighted by Crippen LogP contribution is -2.28. The van der Waals surface area contributed by atoms with Crippen LogP contribution in [-0.4, -0.2) is 22.5 Å². The molecule has 0 aliphatic heterocycles. The normalized spacial score (nSPS) is 24.4. The van der Waals surface area contributed by atoms with Gasteiger partial charge in [0.05, 0.1) is 0 Å². The number of rotatable bonds is 4. The van der Waals surface area contributed by atoms with Crippen molar-refractivity contribution in [3.05, 3.63) is 18.3 Å². The molecule has 0 spiro atoms. The highest BCUT2D eigenvalue weighted by atomic mass is 32.2. The van der Waals surface area contributed by atoms with Crippen LogP contribution in [0.5, 0.6) is 0 Å². The number of nitrogen functional groups attached to an aromatic ring is 1. The van der Waals surface area contributed by atoms with Crippen molar-refractivity contribution < 1.29 is 0 Å². The van der Waals surface area contributed by atoms with Crippen LogP contribution < -0.4 is 16.6 Å². The van der Waals surface area contributed by atoms with Gasteiger partial charge in [-0.25, -0.2) is 10.8 Å². The average molecular weight is 252 g/mol. The predicted octanol–water partition coefficient (Wildman–Crippen LogP) is 2.45. The largest absolute Gasteiger partial charge is 0.382 e. The first kappa shape index (κ1) is 12.5. The number of hydrogen-bond donors (Lipinski definition) is 3. The van der Waals surface area contributed by atoms with Crippen LogP contribution in [0, 0.1) is 0 Å². The van der Waals surface area contributed by atoms with Crippen molar-refractivity contribution in [3.63, 3.8) is 0 Å². The van der Waals surface area contributed by atoms with E-state index in [-0.39, 0.29) is 0 Å². The topological polar surface area (TPSA) is 63.0 Å². The molecule has 1 saturated carbocycles. The minimum atomic E-state index is 0.578. The van der Waals surface area contributed by atoms with E-state index in [1.165, 1.54) is 25.7 Å². The van der Waals surface area contributed by atoms with Crippen molar-refractivity contribution in [1.29, 1.82) is 0 Å². The van der Waals surface area contributed by atoms with Gasteiger partial charge in [-0.05, 0) is 31.6 Å². The molecule has 4 nitrogen and oxygen atoms in total. The second-order valence-electron chi connectivity index (χ2n) is 4.44. The Bertz CT molecular complexity index is 358. The second-order valence-corrected chi connectivity index (χ2v) is 5.58. The zero-order valence-electron chi connectivity index (χ0n) is 10.1. The van der Waals surface area contributed by atoms with Crippen LogP contribution in [0.1, 0.15) is 25.7 Å². The first-order valence-corrected chi connectivity index (χ1v) is 7.32. The Morgan fingerprint density at radius 1 is 1.47 bits per heavy atom. The maximum atomic E-state index is 5.35. The molecular formula is C12H20N4S. The zero-order chi connectivity index (χ0) is 12.1. The van der Waals surface area contributed by atoms with Gasteiger partial charge in [0, 0.05) is 29.2 Å². The summed E-state index contributed by atoms with van der Waals surface area (Å²) in [5.74, 6) is 6.05. The Morgan fingerprint density at radius 3 is 3.12 bits per heavy atom. The quantitative estimate of drug-likeness (QED) is 0.567. The maximum Gasteiger partial charge on any atom is 0.141 e. The standard InChI is InChI=1S/C12H20N4S/c1-17-11-4-2-3-9(7-11)15-10-5-6-14-12(8-10)16-13/h5-6,8-9,11H,2-4,7,13H2,1H3,(H2,14,15,16). The summed E-state index contributed by atoms with van der Waals surface area (Å²) in [6, 6.07) is 4.51. The van der Waals surface area contributed by atoms with Crippen LogP contribution >= 0.6 is 11.8 Å². The molecule has 0 amide bonds. The van der Waals surface area contributed by atoms with Gasteiger partial charge in [-0.3, -0.25) is 0 Å². The molecule has 0 saturated heterocycles. The number of nitrogens with zero attached hydrogens (tertiary/aromatic N) is 1. The third kappa shape index (κ3) is 3.51. The molecule has 1 aliphatic carbocycles. The Labute approximate surface area is 107 Å². The van der Waals surface area contributed by atoms with Crippen molar-refractivity contribution in [2.45, 2.75) is 37.0 Å². The van der Waals surface area contributed by atoms with E-state index in [9.17, 15) is 0 Å². The summed E-state index contributed by atoms with van der Waals surface area (Å²) < 4.78 is 0. The highest BCUT2D eigenvalue weighted by Gasteiger charge is 2.20. The molecule has 1 heterocycles. The minimum Gasteiger partial charge on any atom is -0.382 e. The lowest BCUT2D eigenvalue weighted by Gasteiger charge is -2.29. The number of pyridine rings is 1. The Kier molecular flexibility index (Phi) is 4.50. The van der Waals surface area contributed by atoms with Crippen LogP contribution in [0.3, 0.4) is 0 Å². The first-order chi connectivity index (χ1) is 8.31. The minimum absolute atomic E-state index is 0.578. The SMILES string of the molecule is CSC1CCCC(Nc2ccnc(NN)c2)C1. The summed E-state index contributed by atoms with van der Waals surface area (Å²) >= 11 is 1.98. The van der Waals surface area contributed by atoms with E-state index >= 15 is 0 Å². The molecule has 2 atom stereocenters. The number of thioether (sulfide) groups is 1. The van der Waals surface area contributed by atoms with Gasteiger partial charge >= 0.3 is 0 Å². The van der Waals surface area contributed by atoms with E-state index in [0.717, 1.165) is 10.9 Å². The van der Waals surface area contributed by atoms with Crippen LogP contribution in [0.4, 0.5) is 11.5 Å². The zero-order valence-corrected chi connectivity index (χ0v) is 11.0. The molecule has 17 heavy (non-hydrogen) atoms. The van der Waals surface area contributed by atoms with Crippen LogP contribution in [0.25, 0.3) is 0 Å². The summed E-state index contributed by atoms with van der Waals surface area (Å²) in [7, 11) is 0. The van der Waals surface area contributed by atoms with Crippen LogP contribution in [0.15, 0.2) is 18.3 Å². The number of nitrogens with one attached hydrogen (secondary N) is 2. The second kappa shape index (κ2) is 6.12. The van der Waals surface area contributed by atoms with Crippen LogP contribution in [0.2, 0.25) is 0 Å². The molecular weight excluding hydrogens is 232 g/mol. The predicted molar refractivity (Wildman–Crippen MR) is 75.2 cm³/mol. The third-order valence-corrected chi connectivity index (χ3v) is 4.33. The summed E-state index contributed by atoms with van der Waals surface area (Å²) in [6.45, 7) is 0. The number of anilines is 2. The molecule has 0 radical (unpaired) electrons. The van der Waals surface area contributed by atoms with E-state index in [2.05, 4.69) is 22.0 Å². The van der Waals surface area contributed by atoms with Gasteiger partial charge < -0.3 is 10.7 Å². The Balaban J connectivity index is 1.95. The fraction of sp³-hybridized carbons (Fsp3) is 0.583. The van der Waals surface area contributed by atoms with Gasteiger partial charge in [-0.2, -0.15) is 11.8 Å². The fourth-order valence-corrected chi connectivity index (χ4v) is 3.15. The van der Waals surface area contributed by atoms with Crippen molar-refractivity contribution >= 4 is 23.3 Å². The molecule has 1 aromatic heterocycles. The van der Waals surface area contributed by atoms with E-state index < -0.39 is 0 Å². The average Bonchev–Trinajstić information content (AvgIpc) is 2.39. The maximum absolute atomic E-state index is 5.35. The van der Waals surface area contributed by atoms with Crippen LogP contribution in [-0.2, 0) is 0 Å². The van der Waals surface area contributed by atoms with Gasteiger partial charge in [0.1, 0.15) is 5.82 Å². The lowest BCUT2D eigenvalue weighted by atomic mass is 9.95. The number of nitrogens with two attached hydrogens (primary N) is 1. The highest BCUT2D eigenvalue weighted by molar-refractivity contribution is 7.99. The van der Waals surface area contributed by atoms with E-state index in [1.54, 1.807) is 6.20 Å². The summed E-state index contributed by atoms with van der Waals surface area (Å²) in [5.41, 5.74) is 3.67. The highest BCUT2D eigenvalue weighted by Crippen LogP contribution is 2.29. The molecule has 94 valence electrons. The molecule has 2 unspecified atom stereocenters. The molecule has 5 heteroatoms. The molecule has 4 N–H and O–H groups in total. The van der Waals surface area contributed by atoms with Gasteiger partial charge in [0.25, 0.3) is 0 Å². The number of aromatic nitrogens is 1. The summed E-state index contributed by atoms with van der Waals surface area (Å²) in [4.78, 5) is 4.10. The number of hydrazine groups is 1. The summed E-state index contributed by atoms with van der Waals surface area (Å²) in [6.07, 6.45) is 9.14. The van der Waals surface area contributed by atoms with Gasteiger partial charge in [0.2, 0.25) is 0 Å². The van der Waals surface area contributed by atoms with Gasteiger partial charge in [-0.1, -0.05) is 6.42 Å². The van der Waals surface area contributed by atoms with E-state index in [1.807, 2.05) is 23.9 Å². The number of hydrogen-bond acceptors (Lipinski definition) is 5. The first-order valence-electron chi connectivity index (χ1n) is 6.04. The fourth-order valence-electron chi connectivity index (χ4n) is 2.33. The lowest BCUT2D eigenvalue weighted by molar-refractivity contribution is 0.473. The third-order valence-electron chi connectivity index (χ3n) is 3.24. The van der Waals surface area contributed by atoms with Crippen molar-refractivity contribution in [1.82, 2.24) is 4.98 Å². The van der Waals surface area contributed by atoms with E-state index in [0.29, 0.717) is 11.9 Å². The summed E-state index contributed by atoms with van der Waals surface area (Å²) in [5, 5.41) is 4.37. The van der Waals surface area contributed by atoms with Crippen molar-refractivity contribution in [3.8, 4) is 0 Å². The Hall–Kier alpha value is -0.940. The van der Waals surface area contributed by atoms with Crippen molar-refractivity contribution in [2.24, 2.45) is 5.84 Å². The molecule has 2 rings (SSSR count). The monoisotopic (exact) mass is 252 g/mol. The van der Waals surface area contributed by atoms with Gasteiger partial charge in [0.15, 0.2) is 0 Å². The molecule has 0 bridgehead atoms. The van der Waals surface area contributed by atoms with Gasteiger partial charge in [-0.15, -0.1) is 0 Å². The molecule has 1 aliphatic rings. The van der Waals surface area contributed by atoms with E-state index in [4.69, 9.17) is 5.84 Å². The molecule has 1 aromatic rings.